The molecule has 1 amide bonds. The van der Waals surface area contributed by atoms with Gasteiger partial charge in [0, 0.05) is 6.04 Å². The smallest absolute Gasteiger partial charge is 0.408 e. The van der Waals surface area contributed by atoms with Crippen LogP contribution < -0.4 is 5.32 Å². The van der Waals surface area contributed by atoms with E-state index in [9.17, 15) is 9.90 Å². The number of hydrogen-bond acceptors (Lipinski definition) is 4. The summed E-state index contributed by atoms with van der Waals surface area (Å²) in [6, 6.07) is -0.0834. The van der Waals surface area contributed by atoms with Crippen molar-refractivity contribution in [1.29, 1.82) is 0 Å². The van der Waals surface area contributed by atoms with Gasteiger partial charge in [-0.2, -0.15) is 0 Å². The van der Waals surface area contributed by atoms with Gasteiger partial charge in [-0.1, -0.05) is 12.8 Å². The Morgan fingerprint density at radius 1 is 1.52 bits per heavy atom. The Balaban J connectivity index is 2.07. The highest BCUT2D eigenvalue weighted by Crippen LogP contribution is 2.31. The number of nitrogens with zero attached hydrogens (tertiary/aromatic N) is 2. The lowest BCUT2D eigenvalue weighted by atomic mass is 10.2. The van der Waals surface area contributed by atoms with Gasteiger partial charge in [0.2, 0.25) is 0 Å². The normalized spacial score (nSPS) is 17.7. The number of nitrogens with one attached hydrogen (secondary N) is 1. The van der Waals surface area contributed by atoms with E-state index < -0.39 is 17.7 Å². The molecule has 118 valence electrons. The molecule has 0 radical (unpaired) electrons. The number of aromatic nitrogens is 2. The van der Waals surface area contributed by atoms with Crippen LogP contribution in [0.15, 0.2) is 12.5 Å². The first-order valence-corrected chi connectivity index (χ1v) is 7.53. The van der Waals surface area contributed by atoms with Crippen LogP contribution in [-0.4, -0.2) is 33.0 Å². The van der Waals surface area contributed by atoms with Crippen molar-refractivity contribution < 1.29 is 14.6 Å². The van der Waals surface area contributed by atoms with Gasteiger partial charge >= 0.3 is 6.09 Å². The molecule has 0 saturated heterocycles. The second-order valence-corrected chi connectivity index (χ2v) is 6.55. The highest BCUT2D eigenvalue weighted by atomic mass is 16.6. The molecule has 1 aromatic heterocycles. The maximum absolute atomic E-state index is 11.9. The zero-order valence-corrected chi connectivity index (χ0v) is 13.0. The average Bonchev–Trinajstić information content (AvgIpc) is 3.03. The quantitative estimate of drug-likeness (QED) is 0.895. The largest absolute Gasteiger partial charge is 0.444 e. The molecule has 1 aromatic rings. The molecule has 6 heteroatoms. The van der Waals surface area contributed by atoms with Crippen LogP contribution in [0.25, 0.3) is 0 Å². The van der Waals surface area contributed by atoms with Crippen LogP contribution in [0.5, 0.6) is 0 Å². The lowest BCUT2D eigenvalue weighted by Crippen LogP contribution is -2.37. The van der Waals surface area contributed by atoms with Crippen molar-refractivity contribution in [3.05, 3.63) is 18.2 Å². The summed E-state index contributed by atoms with van der Waals surface area (Å²) in [6.07, 6.45) is 7.63. The van der Waals surface area contributed by atoms with E-state index in [1.807, 2.05) is 20.8 Å². The Hall–Kier alpha value is -1.56. The number of rotatable bonds is 4. The first-order chi connectivity index (χ1) is 9.90. The number of alkyl carbamates (subject to hydrolysis) is 1. The zero-order valence-electron chi connectivity index (χ0n) is 13.0. The first-order valence-electron chi connectivity index (χ1n) is 7.53. The van der Waals surface area contributed by atoms with Crippen LogP contribution in [0, 0.1) is 0 Å². The van der Waals surface area contributed by atoms with E-state index in [2.05, 4.69) is 14.9 Å². The maximum Gasteiger partial charge on any atom is 0.408 e. The third kappa shape index (κ3) is 4.20. The van der Waals surface area contributed by atoms with Crippen molar-refractivity contribution in [2.75, 3.05) is 6.61 Å². The van der Waals surface area contributed by atoms with Gasteiger partial charge in [0.05, 0.1) is 30.9 Å². The highest BCUT2D eigenvalue weighted by Gasteiger charge is 2.25. The number of imidazole rings is 1. The number of amides is 1. The number of carbonyl (C=O) groups excluding carboxylic acids is 1. The highest BCUT2D eigenvalue weighted by molar-refractivity contribution is 5.68. The Morgan fingerprint density at radius 3 is 2.76 bits per heavy atom. The minimum absolute atomic E-state index is 0.183. The van der Waals surface area contributed by atoms with Gasteiger partial charge in [-0.15, -0.1) is 0 Å². The summed E-state index contributed by atoms with van der Waals surface area (Å²) in [5, 5.41) is 12.3. The lowest BCUT2D eigenvalue weighted by molar-refractivity contribution is 0.0478. The molecule has 1 atom stereocenters. The molecule has 6 nitrogen and oxygen atoms in total. The van der Waals surface area contributed by atoms with Crippen LogP contribution >= 0.6 is 0 Å². The van der Waals surface area contributed by atoms with Gasteiger partial charge in [-0.3, -0.25) is 0 Å². The van der Waals surface area contributed by atoms with Crippen LogP contribution in [0.4, 0.5) is 4.79 Å². The van der Waals surface area contributed by atoms with Crippen molar-refractivity contribution in [1.82, 2.24) is 14.9 Å². The molecule has 2 N–H and O–H groups in total. The van der Waals surface area contributed by atoms with Gasteiger partial charge in [-0.25, -0.2) is 9.78 Å². The van der Waals surface area contributed by atoms with Crippen LogP contribution in [0.2, 0.25) is 0 Å². The zero-order chi connectivity index (χ0) is 15.5. The molecule has 21 heavy (non-hydrogen) atoms. The third-order valence-corrected chi connectivity index (χ3v) is 3.64. The van der Waals surface area contributed by atoms with Crippen LogP contribution in [0.3, 0.4) is 0 Å². The van der Waals surface area contributed by atoms with E-state index in [1.54, 1.807) is 12.5 Å². The molecular weight excluding hydrogens is 270 g/mol. The number of hydrogen-bond donors (Lipinski definition) is 2. The van der Waals surface area contributed by atoms with Gasteiger partial charge in [0.1, 0.15) is 5.60 Å². The molecule has 0 bridgehead atoms. The molecule has 0 aliphatic heterocycles. The van der Waals surface area contributed by atoms with Gasteiger partial charge < -0.3 is 19.7 Å². The van der Waals surface area contributed by atoms with E-state index in [0.29, 0.717) is 6.04 Å². The minimum Gasteiger partial charge on any atom is -0.444 e. The second-order valence-electron chi connectivity index (χ2n) is 6.55. The predicted molar refractivity (Wildman–Crippen MR) is 78.9 cm³/mol. The average molecular weight is 295 g/mol. The molecular formula is C15H25N3O3. The summed E-state index contributed by atoms with van der Waals surface area (Å²) in [6.45, 7) is 5.24. The molecule has 1 heterocycles. The Kier molecular flexibility index (Phi) is 4.88. The van der Waals surface area contributed by atoms with Crippen molar-refractivity contribution >= 4 is 6.09 Å². The van der Waals surface area contributed by atoms with Crippen molar-refractivity contribution in [3.63, 3.8) is 0 Å². The molecule has 1 unspecified atom stereocenters. The maximum atomic E-state index is 11.9. The van der Waals surface area contributed by atoms with Crippen molar-refractivity contribution in [2.24, 2.45) is 0 Å². The lowest BCUT2D eigenvalue weighted by Gasteiger charge is -2.24. The summed E-state index contributed by atoms with van der Waals surface area (Å²) in [4.78, 5) is 16.1. The number of aliphatic hydroxyl groups excluding tert-OH is 1. The van der Waals surface area contributed by atoms with Crippen LogP contribution in [0.1, 0.15) is 64.2 Å². The summed E-state index contributed by atoms with van der Waals surface area (Å²) in [7, 11) is 0. The molecule has 1 aliphatic rings. The molecule has 0 aromatic carbocycles. The summed E-state index contributed by atoms with van der Waals surface area (Å²) < 4.78 is 7.32. The van der Waals surface area contributed by atoms with E-state index in [1.165, 1.54) is 12.8 Å². The monoisotopic (exact) mass is 295 g/mol. The SMILES string of the molecule is CC(C)(C)OC(=O)NC(CO)c1cncn1C1CCCC1. The standard InChI is InChI=1S/C15H25N3O3/c1-15(2,3)21-14(20)17-12(9-19)13-8-16-10-18(13)11-6-4-5-7-11/h8,10-12,19H,4-7,9H2,1-3H3,(H,17,20). The van der Waals surface area contributed by atoms with E-state index in [0.717, 1.165) is 18.5 Å². The molecule has 0 spiro atoms. The van der Waals surface area contributed by atoms with E-state index in [-0.39, 0.29) is 6.61 Å². The summed E-state index contributed by atoms with van der Waals surface area (Å²) in [5.41, 5.74) is 0.269. The molecule has 1 saturated carbocycles. The van der Waals surface area contributed by atoms with Gasteiger partial charge in [-0.05, 0) is 33.6 Å². The topological polar surface area (TPSA) is 76.4 Å². The van der Waals surface area contributed by atoms with Crippen molar-refractivity contribution in [3.8, 4) is 0 Å². The van der Waals surface area contributed by atoms with Gasteiger partial charge in [0.15, 0.2) is 0 Å². The fourth-order valence-electron chi connectivity index (χ4n) is 2.74. The van der Waals surface area contributed by atoms with Crippen LogP contribution in [-0.2, 0) is 4.74 Å². The minimum atomic E-state index is -0.560. The molecule has 1 fully saturated rings. The van der Waals surface area contributed by atoms with Crippen molar-refractivity contribution in [2.45, 2.75) is 64.1 Å². The molecule has 1 aliphatic carbocycles. The Labute approximate surface area is 125 Å². The van der Waals surface area contributed by atoms with Gasteiger partial charge in [0.25, 0.3) is 0 Å². The third-order valence-electron chi connectivity index (χ3n) is 3.64. The van der Waals surface area contributed by atoms with E-state index >= 15 is 0 Å². The Morgan fingerprint density at radius 2 is 2.19 bits per heavy atom. The second kappa shape index (κ2) is 6.47. The molecule has 2 rings (SSSR count). The Bertz CT molecular complexity index is 473. The summed E-state index contributed by atoms with van der Waals surface area (Å²) >= 11 is 0. The van der Waals surface area contributed by atoms with E-state index in [4.69, 9.17) is 4.74 Å². The first kappa shape index (κ1) is 15.8. The number of carbonyl (C=O) groups is 1. The summed E-state index contributed by atoms with van der Waals surface area (Å²) in [5.74, 6) is 0. The fraction of sp³-hybridized carbons (Fsp3) is 0.733. The predicted octanol–water partition coefficient (Wildman–Crippen LogP) is 2.56. The number of aliphatic hydroxyl groups is 1. The fourth-order valence-corrected chi connectivity index (χ4v) is 2.74. The number of ether oxygens (including phenoxy) is 1.